The number of carbonyl (C=O) groups is 1. The molecule has 3 heteroatoms. The summed E-state index contributed by atoms with van der Waals surface area (Å²) in [5.41, 5.74) is 7.92. The Kier molecular flexibility index (Phi) is 6.51. The lowest BCUT2D eigenvalue weighted by Crippen LogP contribution is -2.42. The molecule has 0 bridgehead atoms. The van der Waals surface area contributed by atoms with E-state index in [2.05, 4.69) is 41.7 Å². The van der Waals surface area contributed by atoms with Crippen LogP contribution >= 0.6 is 0 Å². The molecule has 0 spiro atoms. The summed E-state index contributed by atoms with van der Waals surface area (Å²) in [6.45, 7) is 0. The predicted octanol–water partition coefficient (Wildman–Crippen LogP) is 5.07. The fourth-order valence-corrected chi connectivity index (χ4v) is 5.90. The summed E-state index contributed by atoms with van der Waals surface area (Å²) in [7, 11) is 0. The van der Waals surface area contributed by atoms with E-state index in [-0.39, 0.29) is 5.91 Å². The number of rotatable bonds is 5. The van der Waals surface area contributed by atoms with Crippen LogP contribution in [0.25, 0.3) is 0 Å². The summed E-state index contributed by atoms with van der Waals surface area (Å²) < 4.78 is 0. The minimum absolute atomic E-state index is 0.203. The lowest BCUT2D eigenvalue weighted by molar-refractivity contribution is -0.114. The van der Waals surface area contributed by atoms with Crippen molar-refractivity contribution in [3.8, 4) is 0 Å². The molecule has 0 aromatic heterocycles. The molecule has 1 atom stereocenters. The van der Waals surface area contributed by atoms with Crippen LogP contribution in [0.2, 0.25) is 0 Å². The molecular weight excluding hydrogens is 344 g/mol. The van der Waals surface area contributed by atoms with Crippen LogP contribution in [-0.4, -0.2) is 18.0 Å². The SMILES string of the molecule is NC(=O)C1=CC(C2CCC(NC3CCC(c4ccccc4)CC3)CC2)CCC1. The van der Waals surface area contributed by atoms with Crippen LogP contribution in [0.5, 0.6) is 0 Å². The first-order valence-electron chi connectivity index (χ1n) is 11.5. The van der Waals surface area contributed by atoms with Crippen LogP contribution in [0, 0.1) is 11.8 Å². The Hall–Kier alpha value is -1.61. The van der Waals surface area contributed by atoms with Crippen molar-refractivity contribution in [2.75, 3.05) is 0 Å². The molecule has 2 saturated carbocycles. The maximum atomic E-state index is 11.5. The van der Waals surface area contributed by atoms with Gasteiger partial charge in [0.25, 0.3) is 0 Å². The Bertz CT molecular complexity index is 667. The molecule has 0 aliphatic heterocycles. The molecule has 0 saturated heterocycles. The van der Waals surface area contributed by atoms with Crippen molar-refractivity contribution in [2.24, 2.45) is 17.6 Å². The first kappa shape index (κ1) is 19.7. The molecule has 28 heavy (non-hydrogen) atoms. The molecule has 1 unspecified atom stereocenters. The molecule has 2 fully saturated rings. The Labute approximate surface area is 170 Å². The zero-order chi connectivity index (χ0) is 19.3. The minimum Gasteiger partial charge on any atom is -0.366 e. The van der Waals surface area contributed by atoms with Crippen LogP contribution in [0.3, 0.4) is 0 Å². The van der Waals surface area contributed by atoms with E-state index in [0.29, 0.717) is 18.0 Å². The number of allylic oxidation sites excluding steroid dienone is 1. The lowest BCUT2D eigenvalue weighted by atomic mass is 9.73. The monoisotopic (exact) mass is 380 g/mol. The number of nitrogens with one attached hydrogen (secondary N) is 1. The fraction of sp³-hybridized carbons (Fsp3) is 0.640. The van der Waals surface area contributed by atoms with Gasteiger partial charge in [-0.15, -0.1) is 0 Å². The number of hydrogen-bond donors (Lipinski definition) is 2. The van der Waals surface area contributed by atoms with Crippen LogP contribution in [-0.2, 0) is 4.79 Å². The van der Waals surface area contributed by atoms with Crippen molar-refractivity contribution >= 4 is 5.91 Å². The van der Waals surface area contributed by atoms with Gasteiger partial charge in [-0.1, -0.05) is 36.4 Å². The Balaban J connectivity index is 1.21. The molecule has 152 valence electrons. The zero-order valence-corrected chi connectivity index (χ0v) is 17.1. The van der Waals surface area contributed by atoms with Crippen molar-refractivity contribution in [1.82, 2.24) is 5.32 Å². The predicted molar refractivity (Wildman–Crippen MR) is 115 cm³/mol. The third kappa shape index (κ3) is 4.86. The smallest absolute Gasteiger partial charge is 0.244 e. The Morgan fingerprint density at radius 1 is 0.857 bits per heavy atom. The van der Waals surface area contributed by atoms with Crippen LogP contribution in [0.1, 0.15) is 82.1 Å². The van der Waals surface area contributed by atoms with Gasteiger partial charge in [0, 0.05) is 17.7 Å². The van der Waals surface area contributed by atoms with E-state index in [0.717, 1.165) is 30.3 Å². The van der Waals surface area contributed by atoms with E-state index in [9.17, 15) is 4.79 Å². The van der Waals surface area contributed by atoms with E-state index in [1.807, 2.05) is 0 Å². The standard InChI is InChI=1S/C25H36N2O/c26-25(28)22-8-4-7-21(17-22)20-11-15-24(16-12-20)27-23-13-9-19(10-14-23)18-5-2-1-3-6-18/h1-3,5-6,17,19-21,23-24,27H,4,7-16H2,(H2,26,28). The highest BCUT2D eigenvalue weighted by molar-refractivity contribution is 5.92. The van der Waals surface area contributed by atoms with Gasteiger partial charge in [0.05, 0.1) is 0 Å². The lowest BCUT2D eigenvalue weighted by Gasteiger charge is -2.38. The highest BCUT2D eigenvalue weighted by atomic mass is 16.1. The molecule has 3 aliphatic rings. The largest absolute Gasteiger partial charge is 0.366 e. The molecule has 1 aromatic rings. The Morgan fingerprint density at radius 2 is 1.50 bits per heavy atom. The third-order valence-electron chi connectivity index (χ3n) is 7.56. The minimum atomic E-state index is -0.203. The van der Waals surface area contributed by atoms with E-state index in [1.165, 1.54) is 63.4 Å². The summed E-state index contributed by atoms with van der Waals surface area (Å²) in [5.74, 6) is 1.89. The molecular formula is C25H36N2O. The van der Waals surface area contributed by atoms with Gasteiger partial charge < -0.3 is 11.1 Å². The van der Waals surface area contributed by atoms with E-state index in [4.69, 9.17) is 5.73 Å². The van der Waals surface area contributed by atoms with Gasteiger partial charge in [-0.05, 0) is 93.9 Å². The van der Waals surface area contributed by atoms with Crippen molar-refractivity contribution in [1.29, 1.82) is 0 Å². The summed E-state index contributed by atoms with van der Waals surface area (Å²) in [4.78, 5) is 11.5. The first-order valence-corrected chi connectivity index (χ1v) is 11.5. The van der Waals surface area contributed by atoms with Gasteiger partial charge in [0.1, 0.15) is 0 Å². The van der Waals surface area contributed by atoms with Crippen LogP contribution in [0.4, 0.5) is 0 Å². The number of nitrogens with two attached hydrogens (primary N) is 1. The highest BCUT2D eigenvalue weighted by Gasteiger charge is 2.30. The molecule has 1 amide bonds. The summed E-state index contributed by atoms with van der Waals surface area (Å²) >= 11 is 0. The van der Waals surface area contributed by atoms with Crippen LogP contribution < -0.4 is 11.1 Å². The number of carbonyl (C=O) groups excluding carboxylic acids is 1. The number of amides is 1. The van der Waals surface area contributed by atoms with Crippen LogP contribution in [0.15, 0.2) is 42.0 Å². The van der Waals surface area contributed by atoms with Crippen molar-refractivity contribution in [2.45, 2.75) is 88.6 Å². The maximum absolute atomic E-state index is 11.5. The average molecular weight is 381 g/mol. The van der Waals surface area contributed by atoms with Gasteiger partial charge >= 0.3 is 0 Å². The molecule has 0 radical (unpaired) electrons. The molecule has 3 aliphatic carbocycles. The topological polar surface area (TPSA) is 55.1 Å². The quantitative estimate of drug-likeness (QED) is 0.749. The van der Waals surface area contributed by atoms with Crippen molar-refractivity contribution < 1.29 is 4.79 Å². The molecule has 0 heterocycles. The summed E-state index contributed by atoms with van der Waals surface area (Å²) in [5, 5.41) is 3.99. The van der Waals surface area contributed by atoms with Gasteiger partial charge in [-0.2, -0.15) is 0 Å². The van der Waals surface area contributed by atoms with E-state index >= 15 is 0 Å². The normalized spacial score (nSPS) is 33.9. The average Bonchev–Trinajstić information content (AvgIpc) is 2.75. The number of primary amides is 1. The second kappa shape index (κ2) is 9.26. The molecule has 3 nitrogen and oxygen atoms in total. The molecule has 1 aromatic carbocycles. The molecule has 4 rings (SSSR count). The summed E-state index contributed by atoms with van der Waals surface area (Å²) in [6.07, 6.45) is 15.9. The van der Waals surface area contributed by atoms with Gasteiger partial charge in [0.15, 0.2) is 0 Å². The zero-order valence-electron chi connectivity index (χ0n) is 17.1. The Morgan fingerprint density at radius 3 is 2.14 bits per heavy atom. The van der Waals surface area contributed by atoms with Gasteiger partial charge in [-0.25, -0.2) is 0 Å². The fourth-order valence-electron chi connectivity index (χ4n) is 5.90. The van der Waals surface area contributed by atoms with Crippen molar-refractivity contribution in [3.63, 3.8) is 0 Å². The van der Waals surface area contributed by atoms with Crippen molar-refractivity contribution in [3.05, 3.63) is 47.5 Å². The van der Waals surface area contributed by atoms with Gasteiger partial charge in [-0.3, -0.25) is 4.79 Å². The highest BCUT2D eigenvalue weighted by Crippen LogP contribution is 2.38. The second-order valence-corrected chi connectivity index (χ2v) is 9.35. The molecule has 3 N–H and O–H groups in total. The summed E-state index contributed by atoms with van der Waals surface area (Å²) in [6, 6.07) is 12.4. The van der Waals surface area contributed by atoms with E-state index < -0.39 is 0 Å². The number of benzene rings is 1. The maximum Gasteiger partial charge on any atom is 0.244 e. The third-order valence-corrected chi connectivity index (χ3v) is 7.56. The first-order chi connectivity index (χ1) is 13.7. The number of hydrogen-bond acceptors (Lipinski definition) is 2. The van der Waals surface area contributed by atoms with Gasteiger partial charge in [0.2, 0.25) is 5.91 Å². The second-order valence-electron chi connectivity index (χ2n) is 9.35. The van der Waals surface area contributed by atoms with E-state index in [1.54, 1.807) is 0 Å².